The highest BCUT2D eigenvalue weighted by Gasteiger charge is 2.54. The van der Waals surface area contributed by atoms with E-state index in [2.05, 4.69) is 5.32 Å². The predicted molar refractivity (Wildman–Crippen MR) is 42.3 cm³/mol. The highest BCUT2D eigenvalue weighted by Crippen LogP contribution is 2.35. The van der Waals surface area contributed by atoms with Gasteiger partial charge in [-0.2, -0.15) is 13.2 Å². The van der Waals surface area contributed by atoms with Crippen molar-refractivity contribution in [2.24, 2.45) is 0 Å². The van der Waals surface area contributed by atoms with Crippen LogP contribution in [0.5, 0.6) is 0 Å². The Morgan fingerprint density at radius 3 is 2.31 bits per heavy atom. The van der Waals surface area contributed by atoms with Gasteiger partial charge in [0.1, 0.15) is 0 Å². The summed E-state index contributed by atoms with van der Waals surface area (Å²) in [6.07, 6.45) is -2.55. The normalized spacial score (nSPS) is 29.8. The van der Waals surface area contributed by atoms with Crippen LogP contribution < -0.4 is 5.32 Å². The van der Waals surface area contributed by atoms with Gasteiger partial charge in [-0.25, -0.2) is 0 Å². The Labute approximate surface area is 75.1 Å². The summed E-state index contributed by atoms with van der Waals surface area (Å²) in [7, 11) is 0. The summed E-state index contributed by atoms with van der Waals surface area (Å²) in [5, 5.41) is 12.0. The molecule has 0 amide bonds. The van der Waals surface area contributed by atoms with Crippen LogP contribution in [0.1, 0.15) is 26.2 Å². The molecule has 1 saturated heterocycles. The minimum Gasteiger partial charge on any atom is -0.379 e. The zero-order valence-corrected chi connectivity index (χ0v) is 7.49. The Kier molecular flexibility index (Phi) is 2.87. The van der Waals surface area contributed by atoms with Gasteiger partial charge in [0, 0.05) is 6.04 Å². The summed E-state index contributed by atoms with van der Waals surface area (Å²) in [6, 6.07) is -0.860. The zero-order valence-electron chi connectivity index (χ0n) is 7.49. The molecule has 1 heterocycles. The van der Waals surface area contributed by atoms with Crippen molar-refractivity contribution < 1.29 is 18.3 Å². The monoisotopic (exact) mass is 197 g/mol. The maximum Gasteiger partial charge on any atom is 0.418 e. The average Bonchev–Trinajstić information content (AvgIpc) is 2.04. The highest BCUT2D eigenvalue weighted by molar-refractivity contribution is 4.95. The number of hydrogen-bond donors (Lipinski definition) is 2. The Bertz CT molecular complexity index is 173. The molecule has 0 aromatic rings. The Hall–Kier alpha value is -0.290. The van der Waals surface area contributed by atoms with Crippen molar-refractivity contribution in [1.29, 1.82) is 0 Å². The fourth-order valence-electron chi connectivity index (χ4n) is 1.53. The summed E-state index contributed by atoms with van der Waals surface area (Å²) in [5.41, 5.74) is -2.60. The van der Waals surface area contributed by atoms with Gasteiger partial charge < -0.3 is 10.4 Å². The van der Waals surface area contributed by atoms with Crippen molar-refractivity contribution in [3.05, 3.63) is 0 Å². The molecule has 0 aromatic carbocycles. The second-order valence-corrected chi connectivity index (χ2v) is 3.65. The molecule has 0 aromatic heterocycles. The van der Waals surface area contributed by atoms with E-state index in [1.807, 2.05) is 0 Å². The molecule has 1 rings (SSSR count). The lowest BCUT2D eigenvalue weighted by atomic mass is 9.89. The van der Waals surface area contributed by atoms with Crippen molar-refractivity contribution in [2.45, 2.75) is 44.0 Å². The summed E-state index contributed by atoms with van der Waals surface area (Å²) in [5.74, 6) is 0. The molecular weight excluding hydrogens is 183 g/mol. The second-order valence-electron chi connectivity index (χ2n) is 3.65. The van der Waals surface area contributed by atoms with E-state index in [0.717, 1.165) is 19.8 Å². The molecule has 5 heteroatoms. The maximum atomic E-state index is 12.3. The Morgan fingerprint density at radius 1 is 1.31 bits per heavy atom. The summed E-state index contributed by atoms with van der Waals surface area (Å²) < 4.78 is 37.0. The molecule has 0 spiro atoms. The molecule has 2 nitrogen and oxygen atoms in total. The predicted octanol–water partition coefficient (Wildman–Crippen LogP) is 1.44. The second kappa shape index (κ2) is 3.46. The van der Waals surface area contributed by atoms with Gasteiger partial charge in [-0.05, 0) is 26.3 Å². The molecule has 1 aliphatic heterocycles. The van der Waals surface area contributed by atoms with E-state index in [1.54, 1.807) is 0 Å². The molecule has 1 aliphatic rings. The van der Waals surface area contributed by atoms with Crippen LogP contribution in [0.25, 0.3) is 0 Å². The molecule has 1 fully saturated rings. The summed E-state index contributed by atoms with van der Waals surface area (Å²) in [6.45, 7) is 1.38. The minimum absolute atomic E-state index is 0.381. The third-order valence-electron chi connectivity index (χ3n) is 2.56. The quantitative estimate of drug-likeness (QED) is 0.666. The largest absolute Gasteiger partial charge is 0.418 e. The maximum absolute atomic E-state index is 12.3. The summed E-state index contributed by atoms with van der Waals surface area (Å²) in [4.78, 5) is 0. The van der Waals surface area contributed by atoms with Crippen molar-refractivity contribution in [3.8, 4) is 0 Å². The Morgan fingerprint density at radius 2 is 1.92 bits per heavy atom. The number of aliphatic hydroxyl groups is 1. The van der Waals surface area contributed by atoms with Crippen molar-refractivity contribution >= 4 is 0 Å². The molecular formula is C8H14F3NO. The fourth-order valence-corrected chi connectivity index (χ4v) is 1.53. The van der Waals surface area contributed by atoms with E-state index in [0.29, 0.717) is 13.0 Å². The van der Waals surface area contributed by atoms with E-state index in [9.17, 15) is 18.3 Å². The smallest absolute Gasteiger partial charge is 0.379 e. The molecule has 0 unspecified atom stereocenters. The lowest BCUT2D eigenvalue weighted by molar-refractivity contribution is -0.264. The van der Waals surface area contributed by atoms with Gasteiger partial charge in [-0.3, -0.25) is 0 Å². The third-order valence-corrected chi connectivity index (χ3v) is 2.56. The number of alkyl halides is 3. The average molecular weight is 197 g/mol. The number of halogens is 3. The van der Waals surface area contributed by atoms with Gasteiger partial charge in [0.2, 0.25) is 0 Å². The molecule has 2 atom stereocenters. The zero-order chi connectivity index (χ0) is 10.1. The van der Waals surface area contributed by atoms with Crippen LogP contribution in [-0.2, 0) is 0 Å². The number of piperidine rings is 1. The number of hydrogen-bond acceptors (Lipinski definition) is 2. The van der Waals surface area contributed by atoms with Gasteiger partial charge in [0.05, 0.1) is 0 Å². The molecule has 0 bridgehead atoms. The first-order valence-corrected chi connectivity index (χ1v) is 4.38. The van der Waals surface area contributed by atoms with E-state index >= 15 is 0 Å². The van der Waals surface area contributed by atoms with Gasteiger partial charge in [-0.1, -0.05) is 6.42 Å². The van der Waals surface area contributed by atoms with Gasteiger partial charge in [-0.15, -0.1) is 0 Å². The third kappa shape index (κ3) is 2.14. The van der Waals surface area contributed by atoms with Crippen LogP contribution in [0.15, 0.2) is 0 Å². The van der Waals surface area contributed by atoms with Crippen LogP contribution in [-0.4, -0.2) is 29.5 Å². The van der Waals surface area contributed by atoms with E-state index in [-0.39, 0.29) is 0 Å². The minimum atomic E-state index is -4.55. The van der Waals surface area contributed by atoms with Crippen molar-refractivity contribution in [3.63, 3.8) is 0 Å². The lowest BCUT2D eigenvalue weighted by Gasteiger charge is -2.37. The van der Waals surface area contributed by atoms with Gasteiger partial charge >= 0.3 is 6.18 Å². The van der Waals surface area contributed by atoms with Gasteiger partial charge in [0.25, 0.3) is 0 Å². The number of rotatable bonds is 1. The molecule has 13 heavy (non-hydrogen) atoms. The van der Waals surface area contributed by atoms with Crippen LogP contribution in [0, 0.1) is 0 Å². The summed E-state index contributed by atoms with van der Waals surface area (Å²) >= 11 is 0. The lowest BCUT2D eigenvalue weighted by Crippen LogP contribution is -2.59. The highest BCUT2D eigenvalue weighted by atomic mass is 19.4. The first kappa shape index (κ1) is 10.8. The standard InChI is InChI=1S/C8H14F3NO/c1-7(13,8(9,10)11)6-4-2-3-5-12-6/h6,12-13H,2-5H2,1H3/t6-,7-/m0/s1. The van der Waals surface area contributed by atoms with Crippen LogP contribution in [0.3, 0.4) is 0 Å². The topological polar surface area (TPSA) is 32.3 Å². The molecule has 0 radical (unpaired) electrons. The van der Waals surface area contributed by atoms with Crippen molar-refractivity contribution in [1.82, 2.24) is 5.32 Å². The first-order chi connectivity index (χ1) is 5.86. The first-order valence-electron chi connectivity index (χ1n) is 4.38. The van der Waals surface area contributed by atoms with Crippen LogP contribution >= 0.6 is 0 Å². The van der Waals surface area contributed by atoms with Crippen LogP contribution in [0.4, 0.5) is 13.2 Å². The molecule has 78 valence electrons. The molecule has 0 saturated carbocycles. The SMILES string of the molecule is C[C@](O)([C@@H]1CCCCN1)C(F)(F)F. The van der Waals surface area contributed by atoms with Crippen LogP contribution in [0.2, 0.25) is 0 Å². The number of nitrogens with one attached hydrogen (secondary N) is 1. The van der Waals surface area contributed by atoms with E-state index < -0.39 is 17.8 Å². The van der Waals surface area contributed by atoms with Crippen molar-refractivity contribution in [2.75, 3.05) is 6.54 Å². The van der Waals surface area contributed by atoms with E-state index in [1.165, 1.54) is 0 Å². The van der Waals surface area contributed by atoms with E-state index in [4.69, 9.17) is 0 Å². The fraction of sp³-hybridized carbons (Fsp3) is 1.00. The van der Waals surface area contributed by atoms with Gasteiger partial charge in [0.15, 0.2) is 5.60 Å². The molecule has 0 aliphatic carbocycles. The Balaban J connectivity index is 2.67. The molecule has 2 N–H and O–H groups in total.